The summed E-state index contributed by atoms with van der Waals surface area (Å²) in [7, 11) is 0. The fraction of sp³-hybridized carbons (Fsp3) is 0.286. The molecule has 0 radical (unpaired) electrons. The van der Waals surface area contributed by atoms with E-state index < -0.39 is 11.4 Å². The number of aromatic amines is 1. The van der Waals surface area contributed by atoms with E-state index in [4.69, 9.17) is 5.11 Å². The van der Waals surface area contributed by atoms with Gasteiger partial charge in [-0.1, -0.05) is 0 Å². The summed E-state index contributed by atoms with van der Waals surface area (Å²) in [5, 5.41) is 9.63. The van der Waals surface area contributed by atoms with Crippen LogP contribution in [0.1, 0.15) is 30.6 Å². The number of Topliss-reactive ketones (excluding diaryl/α,β-unsaturated/α-hetero) is 1. The monoisotopic (exact) mass is 263 g/mol. The molecule has 19 heavy (non-hydrogen) atoms. The largest absolute Gasteiger partial charge is 0.481 e. The predicted octanol–water partition coefficient (Wildman–Crippen LogP) is 2.99. The molecule has 0 saturated heterocycles. The van der Waals surface area contributed by atoms with Gasteiger partial charge < -0.3 is 10.1 Å². The standard InChI is InChI=1S/C14H14FNO3/c1-14(2,13(18)19)6-12(17)10-7-16-11-5-8(15)3-4-9(10)11/h3-5,7,16H,6H2,1-2H3,(H,18,19). The molecule has 1 aromatic carbocycles. The second kappa shape index (κ2) is 4.50. The Kier molecular flexibility index (Phi) is 3.14. The van der Waals surface area contributed by atoms with Crippen LogP contribution in [0.25, 0.3) is 10.9 Å². The third-order valence-corrected chi connectivity index (χ3v) is 3.13. The topological polar surface area (TPSA) is 70.2 Å². The van der Waals surface area contributed by atoms with Crippen molar-refractivity contribution in [1.82, 2.24) is 4.98 Å². The van der Waals surface area contributed by atoms with E-state index in [0.29, 0.717) is 16.5 Å². The van der Waals surface area contributed by atoms with Gasteiger partial charge in [0.1, 0.15) is 5.82 Å². The van der Waals surface area contributed by atoms with Crippen molar-refractivity contribution in [1.29, 1.82) is 0 Å². The van der Waals surface area contributed by atoms with Crippen LogP contribution in [0.2, 0.25) is 0 Å². The van der Waals surface area contributed by atoms with E-state index in [1.165, 1.54) is 38.2 Å². The second-order valence-corrected chi connectivity index (χ2v) is 5.18. The van der Waals surface area contributed by atoms with Crippen LogP contribution < -0.4 is 0 Å². The van der Waals surface area contributed by atoms with Gasteiger partial charge in [-0.05, 0) is 32.0 Å². The molecule has 0 fully saturated rings. The van der Waals surface area contributed by atoms with E-state index in [2.05, 4.69) is 4.98 Å². The number of fused-ring (bicyclic) bond motifs is 1. The fourth-order valence-electron chi connectivity index (χ4n) is 1.90. The van der Waals surface area contributed by atoms with Crippen molar-refractivity contribution >= 4 is 22.7 Å². The average Bonchev–Trinajstić information content (AvgIpc) is 2.70. The van der Waals surface area contributed by atoms with E-state index in [1.807, 2.05) is 0 Å². The zero-order chi connectivity index (χ0) is 14.2. The first-order valence-electron chi connectivity index (χ1n) is 5.84. The molecule has 0 amide bonds. The van der Waals surface area contributed by atoms with E-state index >= 15 is 0 Å². The number of benzene rings is 1. The summed E-state index contributed by atoms with van der Waals surface area (Å²) in [5.41, 5.74) is -0.207. The Balaban J connectivity index is 2.35. The number of aromatic nitrogens is 1. The zero-order valence-corrected chi connectivity index (χ0v) is 10.7. The van der Waals surface area contributed by atoms with Crippen LogP contribution in [0.15, 0.2) is 24.4 Å². The van der Waals surface area contributed by atoms with E-state index in [1.54, 1.807) is 0 Å². The first-order chi connectivity index (χ1) is 8.81. The fourth-order valence-corrected chi connectivity index (χ4v) is 1.90. The maximum absolute atomic E-state index is 13.0. The van der Waals surface area contributed by atoms with Gasteiger partial charge in [-0.25, -0.2) is 4.39 Å². The molecule has 1 heterocycles. The van der Waals surface area contributed by atoms with Crippen LogP contribution in [0.5, 0.6) is 0 Å². The Morgan fingerprint density at radius 2 is 2.05 bits per heavy atom. The number of H-pyrrole nitrogens is 1. The van der Waals surface area contributed by atoms with Gasteiger partial charge in [0.05, 0.1) is 5.41 Å². The summed E-state index contributed by atoms with van der Waals surface area (Å²) >= 11 is 0. The molecule has 4 nitrogen and oxygen atoms in total. The normalized spacial score (nSPS) is 11.7. The van der Waals surface area contributed by atoms with Crippen molar-refractivity contribution in [2.45, 2.75) is 20.3 Å². The third-order valence-electron chi connectivity index (χ3n) is 3.13. The third kappa shape index (κ3) is 2.50. The Hall–Kier alpha value is -2.17. The lowest BCUT2D eigenvalue weighted by Crippen LogP contribution is -2.26. The number of hydrogen-bond acceptors (Lipinski definition) is 2. The summed E-state index contributed by atoms with van der Waals surface area (Å²) in [5.74, 6) is -1.68. The van der Waals surface area contributed by atoms with Gasteiger partial charge >= 0.3 is 5.97 Å². The van der Waals surface area contributed by atoms with E-state index in [9.17, 15) is 14.0 Å². The van der Waals surface area contributed by atoms with Gasteiger partial charge in [0.25, 0.3) is 0 Å². The molecule has 100 valence electrons. The number of ketones is 1. The molecule has 0 aliphatic rings. The van der Waals surface area contributed by atoms with Gasteiger partial charge in [-0.15, -0.1) is 0 Å². The lowest BCUT2D eigenvalue weighted by molar-refractivity contribution is -0.146. The quantitative estimate of drug-likeness (QED) is 0.833. The molecule has 0 bridgehead atoms. The molecule has 2 N–H and O–H groups in total. The SMILES string of the molecule is CC(C)(CC(=O)c1c[nH]c2cc(F)ccc12)C(=O)O. The highest BCUT2D eigenvalue weighted by atomic mass is 19.1. The highest BCUT2D eigenvalue weighted by Gasteiger charge is 2.31. The maximum atomic E-state index is 13.0. The number of halogens is 1. The van der Waals surface area contributed by atoms with Crippen LogP contribution >= 0.6 is 0 Å². The van der Waals surface area contributed by atoms with Gasteiger partial charge in [0.15, 0.2) is 5.78 Å². The number of carboxylic acid groups (broad SMARTS) is 1. The molecule has 0 atom stereocenters. The first kappa shape index (κ1) is 13.3. The summed E-state index contributed by atoms with van der Waals surface area (Å²) in [6, 6.07) is 4.09. The molecule has 2 rings (SSSR count). The number of aliphatic carboxylic acids is 1. The highest BCUT2D eigenvalue weighted by molar-refractivity contribution is 6.08. The lowest BCUT2D eigenvalue weighted by atomic mass is 9.85. The van der Waals surface area contributed by atoms with Crippen molar-refractivity contribution < 1.29 is 19.1 Å². The Bertz CT molecular complexity index is 658. The number of carbonyl (C=O) groups is 2. The van der Waals surface area contributed by atoms with E-state index in [0.717, 1.165) is 0 Å². The summed E-state index contributed by atoms with van der Waals surface area (Å²) in [6.07, 6.45) is 1.39. The van der Waals surface area contributed by atoms with Crippen LogP contribution in [-0.2, 0) is 4.79 Å². The van der Waals surface area contributed by atoms with Crippen molar-refractivity contribution in [3.8, 4) is 0 Å². The van der Waals surface area contributed by atoms with Crippen LogP contribution in [0, 0.1) is 11.2 Å². The summed E-state index contributed by atoms with van der Waals surface area (Å²) in [6.45, 7) is 3.00. The summed E-state index contributed by atoms with van der Waals surface area (Å²) in [4.78, 5) is 26.0. The Morgan fingerprint density at radius 3 is 2.68 bits per heavy atom. The molecular weight excluding hydrogens is 249 g/mol. The molecule has 2 aromatic rings. The molecule has 0 saturated carbocycles. The lowest BCUT2D eigenvalue weighted by Gasteiger charge is -2.17. The Morgan fingerprint density at radius 1 is 1.37 bits per heavy atom. The number of rotatable bonds is 4. The van der Waals surface area contributed by atoms with Gasteiger partial charge in [0.2, 0.25) is 0 Å². The van der Waals surface area contributed by atoms with Crippen molar-refractivity contribution in [2.75, 3.05) is 0 Å². The molecule has 1 aromatic heterocycles. The number of hydrogen-bond donors (Lipinski definition) is 2. The first-order valence-corrected chi connectivity index (χ1v) is 5.84. The number of carbonyl (C=O) groups excluding carboxylic acids is 1. The van der Waals surface area contributed by atoms with Crippen LogP contribution in [0.4, 0.5) is 4.39 Å². The molecule has 0 spiro atoms. The zero-order valence-electron chi connectivity index (χ0n) is 10.7. The van der Waals surface area contributed by atoms with Crippen molar-refractivity contribution in [3.63, 3.8) is 0 Å². The molecule has 5 heteroatoms. The van der Waals surface area contributed by atoms with Gasteiger partial charge in [-0.3, -0.25) is 9.59 Å². The van der Waals surface area contributed by atoms with Crippen molar-refractivity contribution in [2.24, 2.45) is 5.41 Å². The summed E-state index contributed by atoms with van der Waals surface area (Å²) < 4.78 is 13.0. The highest BCUT2D eigenvalue weighted by Crippen LogP contribution is 2.26. The maximum Gasteiger partial charge on any atom is 0.309 e. The molecular formula is C14H14FNO3. The second-order valence-electron chi connectivity index (χ2n) is 5.18. The van der Waals surface area contributed by atoms with Crippen molar-refractivity contribution in [3.05, 3.63) is 35.8 Å². The molecule has 0 aliphatic carbocycles. The minimum Gasteiger partial charge on any atom is -0.481 e. The van der Waals surface area contributed by atoms with E-state index in [-0.39, 0.29) is 18.0 Å². The molecule has 0 unspecified atom stereocenters. The van der Waals surface area contributed by atoms with Gasteiger partial charge in [0, 0.05) is 29.1 Å². The average molecular weight is 263 g/mol. The molecule has 0 aliphatic heterocycles. The number of carboxylic acids is 1. The van der Waals surface area contributed by atoms with Crippen LogP contribution in [-0.4, -0.2) is 21.8 Å². The Labute approximate surface area is 109 Å². The van der Waals surface area contributed by atoms with Gasteiger partial charge in [-0.2, -0.15) is 0 Å². The smallest absolute Gasteiger partial charge is 0.309 e. The number of nitrogens with one attached hydrogen (secondary N) is 1. The minimum absolute atomic E-state index is 0.105. The predicted molar refractivity (Wildman–Crippen MR) is 68.6 cm³/mol. The van der Waals surface area contributed by atoms with Crippen LogP contribution in [0.3, 0.4) is 0 Å². The minimum atomic E-state index is -1.12.